The molecular formula is C16H24FN3. The van der Waals surface area contributed by atoms with Crippen molar-refractivity contribution in [3.8, 4) is 0 Å². The number of benzene rings is 1. The van der Waals surface area contributed by atoms with Crippen molar-refractivity contribution in [2.75, 3.05) is 0 Å². The van der Waals surface area contributed by atoms with Crippen LogP contribution < -0.4 is 5.73 Å². The smallest absolute Gasteiger partial charge is 0.151 e. The average molecular weight is 277 g/mol. The van der Waals surface area contributed by atoms with E-state index in [4.69, 9.17) is 5.73 Å². The SMILES string of the molecule is CCn1c(CC(N)CC(C)(C)C)nc2c(F)cccc21. The number of fused-ring (bicyclic) bond motifs is 1. The highest BCUT2D eigenvalue weighted by Gasteiger charge is 2.19. The van der Waals surface area contributed by atoms with Crippen molar-refractivity contribution < 1.29 is 4.39 Å². The molecule has 0 aliphatic carbocycles. The van der Waals surface area contributed by atoms with Crippen molar-refractivity contribution in [1.29, 1.82) is 0 Å². The molecule has 0 bridgehead atoms. The quantitative estimate of drug-likeness (QED) is 0.929. The molecule has 1 atom stereocenters. The molecule has 4 heteroatoms. The Kier molecular flexibility index (Phi) is 4.14. The number of imidazole rings is 1. The fourth-order valence-electron chi connectivity index (χ4n) is 2.76. The molecule has 2 aromatic rings. The Morgan fingerprint density at radius 2 is 2.05 bits per heavy atom. The largest absolute Gasteiger partial charge is 0.328 e. The van der Waals surface area contributed by atoms with Crippen molar-refractivity contribution in [3.63, 3.8) is 0 Å². The summed E-state index contributed by atoms with van der Waals surface area (Å²) in [6, 6.07) is 5.13. The molecule has 0 radical (unpaired) electrons. The first-order chi connectivity index (χ1) is 9.31. The monoisotopic (exact) mass is 277 g/mol. The molecule has 1 heterocycles. The molecule has 0 aliphatic heterocycles. The maximum absolute atomic E-state index is 13.8. The number of hydrogen-bond donors (Lipinski definition) is 1. The van der Waals surface area contributed by atoms with E-state index in [-0.39, 0.29) is 17.3 Å². The van der Waals surface area contributed by atoms with Gasteiger partial charge in [0.25, 0.3) is 0 Å². The molecule has 0 aliphatic rings. The summed E-state index contributed by atoms with van der Waals surface area (Å²) in [5, 5.41) is 0. The Balaban J connectivity index is 2.32. The Bertz CT molecular complexity index is 596. The van der Waals surface area contributed by atoms with Crippen LogP contribution in [0.2, 0.25) is 0 Å². The zero-order valence-corrected chi connectivity index (χ0v) is 12.8. The van der Waals surface area contributed by atoms with Gasteiger partial charge in [-0.25, -0.2) is 9.37 Å². The molecule has 0 saturated carbocycles. The molecule has 110 valence electrons. The van der Waals surface area contributed by atoms with Crippen LogP contribution in [0.1, 0.15) is 39.9 Å². The third kappa shape index (κ3) is 3.18. The number of nitrogens with two attached hydrogens (primary N) is 1. The molecule has 0 fully saturated rings. The predicted molar refractivity (Wildman–Crippen MR) is 81.1 cm³/mol. The highest BCUT2D eigenvalue weighted by Crippen LogP contribution is 2.24. The lowest BCUT2D eigenvalue weighted by atomic mass is 9.87. The summed E-state index contributed by atoms with van der Waals surface area (Å²) in [6.07, 6.45) is 1.60. The lowest BCUT2D eigenvalue weighted by molar-refractivity contribution is 0.335. The topological polar surface area (TPSA) is 43.8 Å². The fraction of sp³-hybridized carbons (Fsp3) is 0.562. The van der Waals surface area contributed by atoms with E-state index in [1.54, 1.807) is 6.07 Å². The average Bonchev–Trinajstić information content (AvgIpc) is 2.65. The van der Waals surface area contributed by atoms with Gasteiger partial charge in [0, 0.05) is 19.0 Å². The van der Waals surface area contributed by atoms with Crippen molar-refractivity contribution in [3.05, 3.63) is 29.8 Å². The zero-order valence-electron chi connectivity index (χ0n) is 12.8. The maximum atomic E-state index is 13.8. The van der Waals surface area contributed by atoms with E-state index in [0.717, 1.165) is 24.3 Å². The summed E-state index contributed by atoms with van der Waals surface area (Å²) < 4.78 is 15.9. The van der Waals surface area contributed by atoms with Gasteiger partial charge in [0.1, 0.15) is 11.3 Å². The van der Waals surface area contributed by atoms with Crippen molar-refractivity contribution in [1.82, 2.24) is 9.55 Å². The van der Waals surface area contributed by atoms with Gasteiger partial charge in [0.05, 0.1) is 5.52 Å². The fourth-order valence-corrected chi connectivity index (χ4v) is 2.76. The van der Waals surface area contributed by atoms with Gasteiger partial charge in [-0.05, 0) is 30.9 Å². The van der Waals surface area contributed by atoms with Crippen molar-refractivity contribution in [2.24, 2.45) is 11.1 Å². The molecule has 3 nitrogen and oxygen atoms in total. The third-order valence-electron chi connectivity index (χ3n) is 3.44. The third-order valence-corrected chi connectivity index (χ3v) is 3.44. The molecule has 0 amide bonds. The normalized spacial score (nSPS) is 13.9. The summed E-state index contributed by atoms with van der Waals surface area (Å²) in [7, 11) is 0. The van der Waals surface area contributed by atoms with Crippen LogP contribution in [0, 0.1) is 11.2 Å². The molecule has 0 spiro atoms. The molecule has 1 unspecified atom stereocenters. The number of aryl methyl sites for hydroxylation is 1. The summed E-state index contributed by atoms with van der Waals surface area (Å²) in [4.78, 5) is 4.46. The molecule has 2 rings (SSSR count). The number of hydrogen-bond acceptors (Lipinski definition) is 2. The van der Waals surface area contributed by atoms with Gasteiger partial charge in [-0.3, -0.25) is 0 Å². The van der Waals surface area contributed by atoms with Gasteiger partial charge in [0.15, 0.2) is 5.82 Å². The second-order valence-electron chi connectivity index (χ2n) is 6.61. The number of rotatable bonds is 4. The van der Waals surface area contributed by atoms with Crippen LogP contribution in [-0.2, 0) is 13.0 Å². The maximum Gasteiger partial charge on any atom is 0.151 e. The van der Waals surface area contributed by atoms with E-state index in [9.17, 15) is 4.39 Å². The standard InChI is InChI=1S/C16H24FN3/c1-5-20-13-8-6-7-12(17)15(13)19-14(20)9-11(18)10-16(2,3)4/h6-8,11H,5,9-10,18H2,1-4H3. The minimum atomic E-state index is -0.264. The van der Waals surface area contributed by atoms with E-state index in [1.165, 1.54) is 6.07 Å². The van der Waals surface area contributed by atoms with E-state index >= 15 is 0 Å². The van der Waals surface area contributed by atoms with E-state index in [2.05, 4.69) is 30.3 Å². The van der Waals surface area contributed by atoms with Gasteiger partial charge in [0.2, 0.25) is 0 Å². The second kappa shape index (κ2) is 5.52. The number of nitrogens with zero attached hydrogens (tertiary/aromatic N) is 2. The number of para-hydroxylation sites is 1. The highest BCUT2D eigenvalue weighted by molar-refractivity contribution is 5.76. The first-order valence-electron chi connectivity index (χ1n) is 7.21. The van der Waals surface area contributed by atoms with Gasteiger partial charge in [-0.15, -0.1) is 0 Å². The van der Waals surface area contributed by atoms with Gasteiger partial charge in [-0.1, -0.05) is 26.8 Å². The lowest BCUT2D eigenvalue weighted by Crippen LogP contribution is -2.29. The van der Waals surface area contributed by atoms with Crippen LogP contribution in [0.25, 0.3) is 11.0 Å². The van der Waals surface area contributed by atoms with Gasteiger partial charge < -0.3 is 10.3 Å². The minimum Gasteiger partial charge on any atom is -0.328 e. The van der Waals surface area contributed by atoms with Crippen LogP contribution in [0.5, 0.6) is 0 Å². The van der Waals surface area contributed by atoms with Crippen LogP contribution in [-0.4, -0.2) is 15.6 Å². The Hall–Kier alpha value is -1.42. The van der Waals surface area contributed by atoms with Gasteiger partial charge >= 0.3 is 0 Å². The Morgan fingerprint density at radius 3 is 2.65 bits per heavy atom. The summed E-state index contributed by atoms with van der Waals surface area (Å²) in [5.41, 5.74) is 7.72. The summed E-state index contributed by atoms with van der Waals surface area (Å²) in [5.74, 6) is 0.615. The molecule has 1 aromatic carbocycles. The van der Waals surface area contributed by atoms with Crippen LogP contribution in [0.3, 0.4) is 0 Å². The second-order valence-corrected chi connectivity index (χ2v) is 6.61. The van der Waals surface area contributed by atoms with E-state index in [0.29, 0.717) is 11.9 Å². The first-order valence-corrected chi connectivity index (χ1v) is 7.21. The van der Waals surface area contributed by atoms with Crippen LogP contribution in [0.4, 0.5) is 4.39 Å². The molecule has 20 heavy (non-hydrogen) atoms. The zero-order chi connectivity index (χ0) is 14.9. The first kappa shape index (κ1) is 15.0. The minimum absolute atomic E-state index is 0.0418. The van der Waals surface area contributed by atoms with Gasteiger partial charge in [-0.2, -0.15) is 0 Å². The Labute approximate surface area is 120 Å². The van der Waals surface area contributed by atoms with E-state index in [1.807, 2.05) is 13.0 Å². The molecule has 2 N–H and O–H groups in total. The lowest BCUT2D eigenvalue weighted by Gasteiger charge is -2.23. The summed E-state index contributed by atoms with van der Waals surface area (Å²) in [6.45, 7) is 9.35. The number of aromatic nitrogens is 2. The van der Waals surface area contributed by atoms with Crippen molar-refractivity contribution >= 4 is 11.0 Å². The predicted octanol–water partition coefficient (Wildman–Crippen LogP) is 3.50. The summed E-state index contributed by atoms with van der Waals surface area (Å²) >= 11 is 0. The Morgan fingerprint density at radius 1 is 1.35 bits per heavy atom. The highest BCUT2D eigenvalue weighted by atomic mass is 19.1. The molecular weight excluding hydrogens is 253 g/mol. The van der Waals surface area contributed by atoms with Crippen LogP contribution in [0.15, 0.2) is 18.2 Å². The van der Waals surface area contributed by atoms with E-state index < -0.39 is 0 Å². The molecule has 1 aromatic heterocycles. The van der Waals surface area contributed by atoms with Crippen LogP contribution >= 0.6 is 0 Å². The number of halogens is 1. The molecule has 0 saturated heterocycles. The van der Waals surface area contributed by atoms with Crippen molar-refractivity contribution in [2.45, 2.75) is 53.1 Å².